The normalized spacial score (nSPS) is 11.6. The molecule has 2 aromatic carbocycles. The van der Waals surface area contributed by atoms with Crippen LogP contribution in [0, 0.1) is 17.8 Å². The number of nitrogens with zero attached hydrogens (tertiary/aromatic N) is 1. The maximum absolute atomic E-state index is 13.2. The molecule has 1 amide bonds. The zero-order valence-electron chi connectivity index (χ0n) is 16.6. The van der Waals surface area contributed by atoms with Gasteiger partial charge < -0.3 is 10.1 Å². The minimum Gasteiger partial charge on any atom is -0.449 e. The van der Waals surface area contributed by atoms with Gasteiger partial charge in [0, 0.05) is 30.6 Å². The molecule has 3 aromatic rings. The molecule has 31 heavy (non-hydrogen) atoms. The maximum Gasteiger partial charge on any atom is 0.407 e. The highest BCUT2D eigenvalue weighted by Crippen LogP contribution is 2.44. The molecule has 1 aliphatic rings. The van der Waals surface area contributed by atoms with Crippen LogP contribution in [0.2, 0.25) is 0 Å². The van der Waals surface area contributed by atoms with E-state index in [9.17, 15) is 14.0 Å². The number of pyridine rings is 1. The van der Waals surface area contributed by atoms with E-state index in [4.69, 9.17) is 4.74 Å². The predicted molar refractivity (Wildman–Crippen MR) is 114 cm³/mol. The van der Waals surface area contributed by atoms with Crippen molar-refractivity contribution in [3.63, 3.8) is 0 Å². The van der Waals surface area contributed by atoms with Crippen LogP contribution < -0.4 is 5.32 Å². The van der Waals surface area contributed by atoms with Crippen molar-refractivity contribution in [1.29, 1.82) is 0 Å². The zero-order chi connectivity index (χ0) is 21.6. The topological polar surface area (TPSA) is 68.3 Å². The Morgan fingerprint density at radius 1 is 1.13 bits per heavy atom. The Labute approximate surface area is 179 Å². The average Bonchev–Trinajstić information content (AvgIpc) is 3.12. The summed E-state index contributed by atoms with van der Waals surface area (Å²) in [7, 11) is 0. The molecule has 0 spiro atoms. The summed E-state index contributed by atoms with van der Waals surface area (Å²) in [6.07, 6.45) is 1.52. The fourth-order valence-corrected chi connectivity index (χ4v) is 3.66. The number of halogens is 1. The summed E-state index contributed by atoms with van der Waals surface area (Å²) < 4.78 is 18.7. The van der Waals surface area contributed by atoms with Gasteiger partial charge in [0.05, 0.1) is 5.56 Å². The molecule has 0 saturated carbocycles. The third-order valence-electron chi connectivity index (χ3n) is 5.09. The number of hydrogen-bond donors (Lipinski definition) is 1. The number of rotatable bonds is 5. The van der Waals surface area contributed by atoms with Crippen LogP contribution in [0.1, 0.15) is 39.4 Å². The summed E-state index contributed by atoms with van der Waals surface area (Å²) in [4.78, 5) is 26.3. The van der Waals surface area contributed by atoms with E-state index in [2.05, 4.69) is 46.4 Å². The first kappa shape index (κ1) is 20.3. The van der Waals surface area contributed by atoms with Gasteiger partial charge in [-0.3, -0.25) is 4.79 Å². The largest absolute Gasteiger partial charge is 0.449 e. The summed E-state index contributed by atoms with van der Waals surface area (Å²) in [6, 6.07) is 17.6. The van der Waals surface area contributed by atoms with E-state index >= 15 is 0 Å². The number of fused-ring (bicyclic) bond motifs is 3. The number of carbonyl (C=O) groups excluding carboxylic acids is 2. The lowest BCUT2D eigenvalue weighted by Gasteiger charge is -2.14. The molecule has 0 saturated heterocycles. The molecule has 5 nitrogen and oxygen atoms in total. The van der Waals surface area contributed by atoms with Crippen molar-refractivity contribution < 1.29 is 18.7 Å². The second kappa shape index (κ2) is 9.23. The van der Waals surface area contributed by atoms with Gasteiger partial charge in [0.25, 0.3) is 0 Å². The number of aromatic nitrogens is 1. The van der Waals surface area contributed by atoms with Crippen LogP contribution in [0.3, 0.4) is 0 Å². The van der Waals surface area contributed by atoms with E-state index in [1.807, 2.05) is 24.3 Å². The van der Waals surface area contributed by atoms with Gasteiger partial charge in [-0.1, -0.05) is 60.4 Å². The molecule has 0 atom stereocenters. The number of alkyl carbamates (subject to hydrolysis) is 1. The molecule has 0 bridgehead atoms. The molecule has 1 heterocycles. The number of aldehydes is 1. The molecule has 0 radical (unpaired) electrons. The summed E-state index contributed by atoms with van der Waals surface area (Å²) >= 11 is 0. The van der Waals surface area contributed by atoms with Gasteiger partial charge in [-0.05, 0) is 28.3 Å². The Hall–Kier alpha value is -3.98. The SMILES string of the molecule is O=Cc1cc(C#CCCNC(=O)OCC2c3ccccc3-c3ccccc32)cnc1F. The van der Waals surface area contributed by atoms with Gasteiger partial charge in [-0.2, -0.15) is 4.39 Å². The summed E-state index contributed by atoms with van der Waals surface area (Å²) in [5.74, 6) is 4.83. The minimum absolute atomic E-state index is 0.0101. The molecule has 0 fully saturated rings. The van der Waals surface area contributed by atoms with Crippen LogP contribution in [0.5, 0.6) is 0 Å². The Morgan fingerprint density at radius 3 is 2.48 bits per heavy atom. The van der Waals surface area contributed by atoms with Crippen LogP contribution in [-0.4, -0.2) is 30.5 Å². The zero-order valence-corrected chi connectivity index (χ0v) is 16.6. The van der Waals surface area contributed by atoms with E-state index in [-0.39, 0.29) is 18.1 Å². The quantitative estimate of drug-likeness (QED) is 0.292. The number of amides is 1. The molecular weight excluding hydrogens is 395 g/mol. The van der Waals surface area contributed by atoms with Crippen LogP contribution in [-0.2, 0) is 4.74 Å². The van der Waals surface area contributed by atoms with Gasteiger partial charge in [0.15, 0.2) is 6.29 Å². The third kappa shape index (κ3) is 4.46. The first-order valence-electron chi connectivity index (χ1n) is 9.86. The van der Waals surface area contributed by atoms with Crippen molar-refractivity contribution >= 4 is 12.4 Å². The second-order valence-electron chi connectivity index (χ2n) is 7.03. The number of carbonyl (C=O) groups is 2. The average molecular weight is 414 g/mol. The predicted octanol–water partition coefficient (Wildman–Crippen LogP) is 4.31. The Bertz CT molecular complexity index is 1150. The molecule has 1 N–H and O–H groups in total. The smallest absolute Gasteiger partial charge is 0.407 e. The third-order valence-corrected chi connectivity index (χ3v) is 5.09. The highest BCUT2D eigenvalue weighted by atomic mass is 19.1. The van der Waals surface area contributed by atoms with Crippen LogP contribution in [0.15, 0.2) is 60.8 Å². The van der Waals surface area contributed by atoms with E-state index in [1.165, 1.54) is 23.4 Å². The molecule has 0 unspecified atom stereocenters. The van der Waals surface area contributed by atoms with Crippen molar-refractivity contribution in [3.05, 3.63) is 89.0 Å². The van der Waals surface area contributed by atoms with Gasteiger partial charge in [0.1, 0.15) is 6.61 Å². The Kier molecular flexibility index (Phi) is 6.04. The van der Waals surface area contributed by atoms with Gasteiger partial charge in [0.2, 0.25) is 5.95 Å². The monoisotopic (exact) mass is 414 g/mol. The summed E-state index contributed by atoms with van der Waals surface area (Å²) in [6.45, 7) is 0.556. The van der Waals surface area contributed by atoms with Crippen molar-refractivity contribution in [3.8, 4) is 23.0 Å². The van der Waals surface area contributed by atoms with Crippen LogP contribution >= 0.6 is 0 Å². The lowest BCUT2D eigenvalue weighted by molar-refractivity contribution is 0.111. The van der Waals surface area contributed by atoms with Crippen molar-refractivity contribution in [2.24, 2.45) is 0 Å². The fraction of sp³-hybridized carbons (Fsp3) is 0.160. The van der Waals surface area contributed by atoms with Crippen molar-refractivity contribution in [2.75, 3.05) is 13.2 Å². The lowest BCUT2D eigenvalue weighted by Crippen LogP contribution is -2.26. The van der Waals surface area contributed by atoms with Gasteiger partial charge in [-0.25, -0.2) is 9.78 Å². The van der Waals surface area contributed by atoms with Crippen molar-refractivity contribution in [2.45, 2.75) is 12.3 Å². The molecule has 4 rings (SSSR count). The highest BCUT2D eigenvalue weighted by Gasteiger charge is 2.28. The highest BCUT2D eigenvalue weighted by molar-refractivity contribution is 5.79. The van der Waals surface area contributed by atoms with E-state index in [0.29, 0.717) is 24.8 Å². The number of ether oxygens (including phenoxy) is 1. The Balaban J connectivity index is 1.29. The summed E-state index contributed by atoms with van der Waals surface area (Å²) in [5, 5.41) is 2.68. The maximum atomic E-state index is 13.2. The van der Waals surface area contributed by atoms with E-state index in [0.717, 1.165) is 11.1 Å². The number of hydrogen-bond acceptors (Lipinski definition) is 4. The summed E-state index contributed by atoms with van der Waals surface area (Å²) in [5.41, 5.74) is 4.97. The second-order valence-corrected chi connectivity index (χ2v) is 7.03. The first-order valence-corrected chi connectivity index (χ1v) is 9.86. The van der Waals surface area contributed by atoms with Crippen LogP contribution in [0.4, 0.5) is 9.18 Å². The minimum atomic E-state index is -0.822. The molecule has 1 aromatic heterocycles. The van der Waals surface area contributed by atoms with Crippen LogP contribution in [0.25, 0.3) is 11.1 Å². The molecule has 1 aliphatic carbocycles. The van der Waals surface area contributed by atoms with E-state index < -0.39 is 12.0 Å². The van der Waals surface area contributed by atoms with E-state index in [1.54, 1.807) is 0 Å². The molecule has 0 aliphatic heterocycles. The lowest BCUT2D eigenvalue weighted by atomic mass is 9.98. The first-order chi connectivity index (χ1) is 15.2. The number of benzene rings is 2. The Morgan fingerprint density at radius 2 is 1.81 bits per heavy atom. The fourth-order valence-electron chi connectivity index (χ4n) is 3.66. The van der Waals surface area contributed by atoms with Gasteiger partial charge in [-0.15, -0.1) is 0 Å². The molecular formula is C25H19FN2O3. The number of nitrogens with one attached hydrogen (secondary N) is 1. The van der Waals surface area contributed by atoms with Crippen molar-refractivity contribution in [1.82, 2.24) is 10.3 Å². The molecule has 154 valence electrons. The van der Waals surface area contributed by atoms with Gasteiger partial charge >= 0.3 is 6.09 Å². The standard InChI is InChI=1S/C25H19FN2O3/c26-24-18(15-29)13-17(14-28-24)7-5-6-12-27-25(30)31-16-23-21-10-3-1-8-19(21)20-9-2-4-11-22(20)23/h1-4,8-11,13-15,23H,6,12,16H2,(H,27,30). The molecule has 6 heteroatoms.